The Kier molecular flexibility index (Phi) is 7.10. The molecule has 1 rings (SSSR count). The van der Waals surface area contributed by atoms with Crippen molar-refractivity contribution < 1.29 is 23.0 Å². The number of rotatable bonds is 9. The number of aliphatic hydroxyl groups excluding tert-OH is 1. The van der Waals surface area contributed by atoms with Crippen molar-refractivity contribution in [1.82, 2.24) is 4.72 Å². The highest BCUT2D eigenvalue weighted by molar-refractivity contribution is 7.89. The molecule has 1 aromatic rings. The van der Waals surface area contributed by atoms with Crippen LogP contribution < -0.4 is 9.46 Å². The number of ether oxygens (including phenoxy) is 2. The Balaban J connectivity index is 2.75. The molecule has 0 heterocycles. The molecule has 0 aromatic heterocycles. The van der Waals surface area contributed by atoms with Crippen molar-refractivity contribution in [2.75, 3.05) is 26.9 Å². The van der Waals surface area contributed by atoms with Gasteiger partial charge in [-0.05, 0) is 30.2 Å². The van der Waals surface area contributed by atoms with E-state index in [9.17, 15) is 13.5 Å². The molecule has 0 amide bonds. The van der Waals surface area contributed by atoms with Crippen LogP contribution in [0.3, 0.4) is 0 Å². The first kappa shape index (κ1) is 17.9. The van der Waals surface area contributed by atoms with E-state index in [0.29, 0.717) is 19.0 Å². The summed E-state index contributed by atoms with van der Waals surface area (Å²) in [6.07, 6.45) is 0. The fourth-order valence-corrected chi connectivity index (χ4v) is 2.99. The Morgan fingerprint density at radius 3 is 2.29 bits per heavy atom. The second kappa shape index (κ2) is 8.33. The van der Waals surface area contributed by atoms with Crippen LogP contribution in [0.15, 0.2) is 29.2 Å². The number of aliphatic hydroxyl groups is 1. The van der Waals surface area contributed by atoms with E-state index in [-0.39, 0.29) is 17.4 Å². The summed E-state index contributed by atoms with van der Waals surface area (Å²) in [7, 11) is -2.07. The van der Waals surface area contributed by atoms with Gasteiger partial charge in [0.1, 0.15) is 12.4 Å². The van der Waals surface area contributed by atoms with Crippen molar-refractivity contribution in [2.24, 2.45) is 5.92 Å². The smallest absolute Gasteiger partial charge is 0.240 e. The highest BCUT2D eigenvalue weighted by Crippen LogP contribution is 2.17. The second-order valence-corrected chi connectivity index (χ2v) is 6.68. The first-order chi connectivity index (χ1) is 9.90. The maximum absolute atomic E-state index is 12.2. The van der Waals surface area contributed by atoms with Crippen LogP contribution in [0, 0.1) is 5.92 Å². The largest absolute Gasteiger partial charge is 0.491 e. The molecule has 0 aliphatic carbocycles. The molecule has 21 heavy (non-hydrogen) atoms. The molecule has 0 radical (unpaired) electrons. The summed E-state index contributed by atoms with van der Waals surface area (Å²) >= 11 is 0. The number of methoxy groups -OCH3 is 1. The Labute approximate surface area is 126 Å². The number of hydrogen-bond acceptors (Lipinski definition) is 5. The van der Waals surface area contributed by atoms with Crippen LogP contribution in [0.4, 0.5) is 0 Å². The quantitative estimate of drug-likeness (QED) is 0.664. The molecule has 0 bridgehead atoms. The molecule has 0 aliphatic rings. The van der Waals surface area contributed by atoms with Gasteiger partial charge in [0.15, 0.2) is 0 Å². The average Bonchev–Trinajstić information content (AvgIpc) is 2.45. The molecule has 1 unspecified atom stereocenters. The van der Waals surface area contributed by atoms with Gasteiger partial charge in [-0.3, -0.25) is 0 Å². The van der Waals surface area contributed by atoms with Crippen molar-refractivity contribution in [2.45, 2.75) is 24.8 Å². The summed E-state index contributed by atoms with van der Waals surface area (Å²) in [5.74, 6) is 0.579. The van der Waals surface area contributed by atoms with E-state index >= 15 is 0 Å². The van der Waals surface area contributed by atoms with Crippen molar-refractivity contribution >= 4 is 10.0 Å². The predicted octanol–water partition coefficient (Wildman–Crippen LogP) is 1.01. The topological polar surface area (TPSA) is 84.9 Å². The van der Waals surface area contributed by atoms with Crippen LogP contribution in [0.5, 0.6) is 5.75 Å². The SMILES string of the molecule is COCCOc1ccc(S(=O)(=O)NC(CO)C(C)C)cc1. The fraction of sp³-hybridized carbons (Fsp3) is 0.571. The first-order valence-corrected chi connectivity index (χ1v) is 8.24. The normalized spacial score (nSPS) is 13.4. The molecule has 0 aliphatic heterocycles. The molecule has 1 atom stereocenters. The van der Waals surface area contributed by atoms with E-state index in [1.54, 1.807) is 19.2 Å². The number of benzene rings is 1. The third-order valence-electron chi connectivity index (χ3n) is 3.00. The minimum Gasteiger partial charge on any atom is -0.491 e. The standard InChI is InChI=1S/C14H23NO5S/c1-11(2)14(10-16)15-21(17,18)13-6-4-12(5-7-13)20-9-8-19-3/h4-7,11,14-16H,8-10H2,1-3H3. The van der Waals surface area contributed by atoms with Crippen LogP contribution in [0.25, 0.3) is 0 Å². The Morgan fingerprint density at radius 1 is 1.19 bits per heavy atom. The summed E-state index contributed by atoms with van der Waals surface area (Å²) in [5, 5.41) is 9.21. The molecular formula is C14H23NO5S. The Hall–Kier alpha value is -1.15. The lowest BCUT2D eigenvalue weighted by Crippen LogP contribution is -2.41. The lowest BCUT2D eigenvalue weighted by molar-refractivity contribution is 0.146. The minimum absolute atomic E-state index is 0.00132. The van der Waals surface area contributed by atoms with Crippen molar-refractivity contribution in [3.05, 3.63) is 24.3 Å². The van der Waals surface area contributed by atoms with Gasteiger partial charge in [0.2, 0.25) is 10.0 Å². The molecule has 0 saturated carbocycles. The summed E-state index contributed by atoms with van der Waals surface area (Å²) in [4.78, 5) is 0.140. The van der Waals surface area contributed by atoms with Crippen LogP contribution in [0.1, 0.15) is 13.8 Å². The third kappa shape index (κ3) is 5.62. The maximum Gasteiger partial charge on any atom is 0.240 e. The summed E-state index contributed by atoms with van der Waals surface area (Å²) in [5.41, 5.74) is 0. The maximum atomic E-state index is 12.2. The first-order valence-electron chi connectivity index (χ1n) is 6.75. The van der Waals surface area contributed by atoms with Crippen LogP contribution in [-0.4, -0.2) is 46.5 Å². The molecule has 7 heteroatoms. The van der Waals surface area contributed by atoms with Gasteiger partial charge in [-0.1, -0.05) is 13.8 Å². The van der Waals surface area contributed by atoms with Crippen molar-refractivity contribution in [3.8, 4) is 5.75 Å². The zero-order valence-corrected chi connectivity index (χ0v) is 13.4. The minimum atomic E-state index is -3.65. The van der Waals surface area contributed by atoms with E-state index in [0.717, 1.165) is 0 Å². The summed E-state index contributed by atoms with van der Waals surface area (Å²) in [6, 6.07) is 5.62. The summed E-state index contributed by atoms with van der Waals surface area (Å²) < 4.78 is 37.1. The third-order valence-corrected chi connectivity index (χ3v) is 4.50. The van der Waals surface area contributed by atoms with E-state index < -0.39 is 16.1 Å². The lowest BCUT2D eigenvalue weighted by Gasteiger charge is -2.19. The molecule has 120 valence electrons. The zero-order chi connectivity index (χ0) is 15.9. The van der Waals surface area contributed by atoms with Crippen molar-refractivity contribution in [1.29, 1.82) is 0 Å². The lowest BCUT2D eigenvalue weighted by atomic mass is 10.1. The van der Waals surface area contributed by atoms with E-state index in [1.807, 2.05) is 13.8 Å². The average molecular weight is 317 g/mol. The molecule has 0 saturated heterocycles. The monoisotopic (exact) mass is 317 g/mol. The Morgan fingerprint density at radius 2 is 1.81 bits per heavy atom. The van der Waals surface area contributed by atoms with E-state index in [1.165, 1.54) is 12.1 Å². The van der Waals surface area contributed by atoms with Crippen LogP contribution in [-0.2, 0) is 14.8 Å². The van der Waals surface area contributed by atoms with E-state index in [4.69, 9.17) is 9.47 Å². The fourth-order valence-electron chi connectivity index (χ4n) is 1.61. The van der Waals surface area contributed by atoms with Crippen LogP contribution >= 0.6 is 0 Å². The number of nitrogens with one attached hydrogen (secondary N) is 1. The second-order valence-electron chi connectivity index (χ2n) is 4.97. The van der Waals surface area contributed by atoms with Gasteiger partial charge in [0.25, 0.3) is 0 Å². The van der Waals surface area contributed by atoms with E-state index in [2.05, 4.69) is 4.72 Å². The molecule has 2 N–H and O–H groups in total. The van der Waals surface area contributed by atoms with Gasteiger partial charge in [0.05, 0.1) is 18.1 Å². The number of hydrogen-bond donors (Lipinski definition) is 2. The molecule has 6 nitrogen and oxygen atoms in total. The Bertz CT molecular complexity index is 513. The van der Waals surface area contributed by atoms with Crippen molar-refractivity contribution in [3.63, 3.8) is 0 Å². The number of sulfonamides is 1. The predicted molar refractivity (Wildman–Crippen MR) is 79.8 cm³/mol. The highest BCUT2D eigenvalue weighted by Gasteiger charge is 2.21. The van der Waals surface area contributed by atoms with Gasteiger partial charge in [-0.15, -0.1) is 0 Å². The highest BCUT2D eigenvalue weighted by atomic mass is 32.2. The van der Waals surface area contributed by atoms with Gasteiger partial charge in [-0.2, -0.15) is 0 Å². The molecule has 0 fully saturated rings. The van der Waals surface area contributed by atoms with Gasteiger partial charge in [0, 0.05) is 13.2 Å². The van der Waals surface area contributed by atoms with Gasteiger partial charge < -0.3 is 14.6 Å². The summed E-state index contributed by atoms with van der Waals surface area (Å²) in [6.45, 7) is 4.32. The molecular weight excluding hydrogens is 294 g/mol. The molecule has 0 spiro atoms. The van der Waals surface area contributed by atoms with Gasteiger partial charge in [-0.25, -0.2) is 13.1 Å². The van der Waals surface area contributed by atoms with Crippen LogP contribution in [0.2, 0.25) is 0 Å². The van der Waals surface area contributed by atoms with Gasteiger partial charge >= 0.3 is 0 Å². The molecule has 1 aromatic carbocycles. The zero-order valence-electron chi connectivity index (χ0n) is 12.6.